The van der Waals surface area contributed by atoms with Crippen LogP contribution in [0.25, 0.3) is 11.1 Å². The van der Waals surface area contributed by atoms with Gasteiger partial charge in [0.25, 0.3) is 0 Å². The standard InChI is InChI=1S/C17H19N/c1-16(2)12-17(16,18)15-11-7-6-10-14(15)13-8-4-3-5-9-13/h3-11H,12,18H2,1-2H3. The van der Waals surface area contributed by atoms with Crippen LogP contribution in [0.15, 0.2) is 54.6 Å². The maximum absolute atomic E-state index is 6.58. The first kappa shape index (κ1) is 11.5. The van der Waals surface area contributed by atoms with Crippen LogP contribution in [0.1, 0.15) is 25.8 Å². The van der Waals surface area contributed by atoms with E-state index in [1.807, 2.05) is 6.07 Å². The summed E-state index contributed by atoms with van der Waals surface area (Å²) >= 11 is 0. The Hall–Kier alpha value is -1.60. The van der Waals surface area contributed by atoms with E-state index in [1.54, 1.807) is 0 Å². The first-order valence-electron chi connectivity index (χ1n) is 6.48. The van der Waals surface area contributed by atoms with E-state index >= 15 is 0 Å². The van der Waals surface area contributed by atoms with Crippen molar-refractivity contribution in [2.24, 2.45) is 11.1 Å². The first-order chi connectivity index (χ1) is 8.55. The van der Waals surface area contributed by atoms with Gasteiger partial charge in [-0.2, -0.15) is 0 Å². The van der Waals surface area contributed by atoms with E-state index in [4.69, 9.17) is 5.73 Å². The molecule has 1 fully saturated rings. The van der Waals surface area contributed by atoms with Crippen molar-refractivity contribution >= 4 is 0 Å². The fraction of sp³-hybridized carbons (Fsp3) is 0.294. The van der Waals surface area contributed by atoms with Crippen LogP contribution in [0.4, 0.5) is 0 Å². The molecule has 0 spiro atoms. The van der Waals surface area contributed by atoms with E-state index in [9.17, 15) is 0 Å². The highest BCUT2D eigenvalue weighted by Crippen LogP contribution is 2.61. The lowest BCUT2D eigenvalue weighted by molar-refractivity contribution is 0.511. The third-order valence-corrected chi connectivity index (χ3v) is 4.30. The molecule has 3 rings (SSSR count). The minimum atomic E-state index is -0.167. The second-order valence-corrected chi connectivity index (χ2v) is 5.94. The molecule has 0 aromatic heterocycles. The topological polar surface area (TPSA) is 26.0 Å². The third-order valence-electron chi connectivity index (χ3n) is 4.30. The molecule has 1 heteroatoms. The number of rotatable bonds is 2. The smallest absolute Gasteiger partial charge is 0.0474 e. The van der Waals surface area contributed by atoms with E-state index in [2.05, 4.69) is 62.4 Å². The van der Waals surface area contributed by atoms with Crippen molar-refractivity contribution in [3.63, 3.8) is 0 Å². The molecule has 0 radical (unpaired) electrons. The minimum Gasteiger partial charge on any atom is -0.321 e. The zero-order valence-corrected chi connectivity index (χ0v) is 11.0. The van der Waals surface area contributed by atoms with Gasteiger partial charge in [-0.25, -0.2) is 0 Å². The largest absolute Gasteiger partial charge is 0.321 e. The van der Waals surface area contributed by atoms with Gasteiger partial charge in [0.05, 0.1) is 0 Å². The summed E-state index contributed by atoms with van der Waals surface area (Å²) in [6.07, 6.45) is 1.06. The Labute approximate surface area is 109 Å². The Bertz CT molecular complexity index is 571. The predicted octanol–water partition coefficient (Wildman–Crippen LogP) is 3.94. The lowest BCUT2D eigenvalue weighted by Gasteiger charge is -2.19. The highest BCUT2D eigenvalue weighted by molar-refractivity contribution is 5.70. The molecule has 2 aromatic carbocycles. The normalized spacial score (nSPS) is 24.8. The van der Waals surface area contributed by atoms with Gasteiger partial charge in [0.2, 0.25) is 0 Å². The summed E-state index contributed by atoms with van der Waals surface area (Å²) in [7, 11) is 0. The van der Waals surface area contributed by atoms with Crippen molar-refractivity contribution in [3.05, 3.63) is 60.2 Å². The molecule has 1 atom stereocenters. The molecule has 1 aliphatic rings. The fourth-order valence-electron chi connectivity index (χ4n) is 2.85. The maximum Gasteiger partial charge on any atom is 0.0474 e. The van der Waals surface area contributed by atoms with Gasteiger partial charge in [0.15, 0.2) is 0 Å². The van der Waals surface area contributed by atoms with E-state index < -0.39 is 0 Å². The second-order valence-electron chi connectivity index (χ2n) is 5.94. The monoisotopic (exact) mass is 237 g/mol. The molecule has 18 heavy (non-hydrogen) atoms. The highest BCUT2D eigenvalue weighted by atomic mass is 14.9. The molecule has 1 nitrogen and oxygen atoms in total. The fourth-order valence-corrected chi connectivity index (χ4v) is 2.85. The Balaban J connectivity index is 2.13. The summed E-state index contributed by atoms with van der Waals surface area (Å²) in [5.74, 6) is 0. The average molecular weight is 237 g/mol. The summed E-state index contributed by atoms with van der Waals surface area (Å²) < 4.78 is 0. The second kappa shape index (κ2) is 3.69. The quantitative estimate of drug-likeness (QED) is 0.841. The Kier molecular flexibility index (Phi) is 2.36. The first-order valence-corrected chi connectivity index (χ1v) is 6.48. The summed E-state index contributed by atoms with van der Waals surface area (Å²) in [6.45, 7) is 4.49. The van der Waals surface area contributed by atoms with Gasteiger partial charge in [0.1, 0.15) is 0 Å². The summed E-state index contributed by atoms with van der Waals surface area (Å²) in [5, 5.41) is 0. The van der Waals surface area contributed by atoms with Crippen LogP contribution in [0.2, 0.25) is 0 Å². The summed E-state index contributed by atoms with van der Waals surface area (Å²) in [5.41, 5.74) is 10.4. The zero-order chi connectivity index (χ0) is 12.8. The van der Waals surface area contributed by atoms with Gasteiger partial charge in [-0.3, -0.25) is 0 Å². The minimum absolute atomic E-state index is 0.167. The van der Waals surface area contributed by atoms with Gasteiger partial charge in [0, 0.05) is 5.54 Å². The van der Waals surface area contributed by atoms with Crippen LogP contribution in [0.3, 0.4) is 0 Å². The number of benzene rings is 2. The molecule has 0 bridgehead atoms. The van der Waals surface area contributed by atoms with E-state index in [0.29, 0.717) is 0 Å². The van der Waals surface area contributed by atoms with Crippen LogP contribution >= 0.6 is 0 Å². The SMILES string of the molecule is CC1(C)CC1(N)c1ccccc1-c1ccccc1. The van der Waals surface area contributed by atoms with Gasteiger partial charge in [-0.15, -0.1) is 0 Å². The van der Waals surface area contributed by atoms with E-state index in [0.717, 1.165) is 6.42 Å². The molecule has 0 saturated heterocycles. The van der Waals surface area contributed by atoms with Crippen molar-refractivity contribution in [2.45, 2.75) is 25.8 Å². The van der Waals surface area contributed by atoms with Crippen LogP contribution in [0, 0.1) is 5.41 Å². The molecule has 1 unspecified atom stereocenters. The summed E-state index contributed by atoms with van der Waals surface area (Å²) in [4.78, 5) is 0. The van der Waals surface area contributed by atoms with Gasteiger partial charge in [-0.05, 0) is 28.5 Å². The molecule has 92 valence electrons. The molecular formula is C17H19N. The predicted molar refractivity (Wildman–Crippen MR) is 76.1 cm³/mol. The van der Waals surface area contributed by atoms with Gasteiger partial charge >= 0.3 is 0 Å². The lowest BCUT2D eigenvalue weighted by Crippen LogP contribution is -2.26. The molecule has 0 amide bonds. The van der Waals surface area contributed by atoms with Gasteiger partial charge in [-0.1, -0.05) is 68.4 Å². The molecule has 0 heterocycles. The number of hydrogen-bond acceptors (Lipinski definition) is 1. The molecule has 1 aliphatic carbocycles. The zero-order valence-electron chi connectivity index (χ0n) is 11.0. The maximum atomic E-state index is 6.58. The number of hydrogen-bond donors (Lipinski definition) is 1. The van der Waals surface area contributed by atoms with E-state index in [1.165, 1.54) is 16.7 Å². The molecule has 2 aromatic rings. The third kappa shape index (κ3) is 1.58. The van der Waals surface area contributed by atoms with Crippen molar-refractivity contribution in [3.8, 4) is 11.1 Å². The lowest BCUT2D eigenvalue weighted by atomic mass is 9.90. The van der Waals surface area contributed by atoms with Crippen LogP contribution in [-0.4, -0.2) is 0 Å². The van der Waals surface area contributed by atoms with Crippen molar-refractivity contribution in [1.82, 2.24) is 0 Å². The molecule has 2 N–H and O–H groups in total. The molecule has 0 aliphatic heterocycles. The van der Waals surface area contributed by atoms with Crippen LogP contribution < -0.4 is 5.73 Å². The van der Waals surface area contributed by atoms with Crippen molar-refractivity contribution in [1.29, 1.82) is 0 Å². The molecule has 1 saturated carbocycles. The summed E-state index contributed by atoms with van der Waals surface area (Å²) in [6, 6.07) is 19.0. The highest BCUT2D eigenvalue weighted by Gasteiger charge is 2.60. The average Bonchev–Trinajstić information content (AvgIpc) is 2.91. The Morgan fingerprint density at radius 2 is 1.44 bits per heavy atom. The number of nitrogens with two attached hydrogens (primary N) is 1. The van der Waals surface area contributed by atoms with Crippen LogP contribution in [-0.2, 0) is 5.54 Å². The Morgan fingerprint density at radius 3 is 2.06 bits per heavy atom. The van der Waals surface area contributed by atoms with E-state index in [-0.39, 0.29) is 11.0 Å². The molecular weight excluding hydrogens is 218 g/mol. The Morgan fingerprint density at radius 1 is 0.889 bits per heavy atom. The van der Waals surface area contributed by atoms with Gasteiger partial charge < -0.3 is 5.73 Å². The van der Waals surface area contributed by atoms with Crippen molar-refractivity contribution < 1.29 is 0 Å². The van der Waals surface area contributed by atoms with Crippen LogP contribution in [0.5, 0.6) is 0 Å². The van der Waals surface area contributed by atoms with Crippen molar-refractivity contribution in [2.75, 3.05) is 0 Å².